The van der Waals surface area contributed by atoms with E-state index in [-0.39, 0.29) is 5.41 Å². The van der Waals surface area contributed by atoms with Crippen LogP contribution >= 0.6 is 0 Å². The van der Waals surface area contributed by atoms with Gasteiger partial charge in [-0.3, -0.25) is 0 Å². The number of imidazole rings is 1. The molecule has 4 nitrogen and oxygen atoms in total. The molecule has 0 bridgehead atoms. The highest BCUT2D eigenvalue weighted by Gasteiger charge is 2.25. The van der Waals surface area contributed by atoms with E-state index in [2.05, 4.69) is 38.7 Å². The van der Waals surface area contributed by atoms with E-state index < -0.39 is 0 Å². The first-order valence-corrected chi connectivity index (χ1v) is 6.58. The van der Waals surface area contributed by atoms with Crippen LogP contribution in [0.25, 0.3) is 11.3 Å². The maximum Gasteiger partial charge on any atom is 0.150 e. The largest absolute Gasteiger partial charge is 0.382 e. The first-order chi connectivity index (χ1) is 8.86. The molecule has 19 heavy (non-hydrogen) atoms. The fourth-order valence-electron chi connectivity index (χ4n) is 2.23. The summed E-state index contributed by atoms with van der Waals surface area (Å²) in [5.41, 5.74) is 9.07. The summed E-state index contributed by atoms with van der Waals surface area (Å²) in [4.78, 5) is 4.67. The molecule has 2 rings (SSSR count). The molecule has 0 radical (unpaired) electrons. The molecule has 0 amide bonds. The molecule has 0 aliphatic heterocycles. The zero-order chi connectivity index (χ0) is 14.2. The Labute approximate surface area is 114 Å². The van der Waals surface area contributed by atoms with E-state index in [1.165, 1.54) is 10.2 Å². The summed E-state index contributed by atoms with van der Waals surface area (Å²) in [6.07, 6.45) is 0.942. The summed E-state index contributed by atoms with van der Waals surface area (Å²) in [7, 11) is 0. The predicted molar refractivity (Wildman–Crippen MR) is 80.3 cm³/mol. The summed E-state index contributed by atoms with van der Waals surface area (Å²) in [5.74, 6) is 7.36. The molecule has 0 saturated carbocycles. The van der Waals surface area contributed by atoms with Crippen molar-refractivity contribution in [1.82, 2.24) is 9.66 Å². The minimum atomic E-state index is -0.137. The van der Waals surface area contributed by atoms with Gasteiger partial charge in [0.1, 0.15) is 11.5 Å². The summed E-state index contributed by atoms with van der Waals surface area (Å²) in [5, 5.41) is 0. The fraction of sp³-hybridized carbons (Fsp3) is 0.400. The van der Waals surface area contributed by atoms with Crippen LogP contribution in [0.15, 0.2) is 24.3 Å². The third kappa shape index (κ3) is 2.30. The second-order valence-electron chi connectivity index (χ2n) is 5.80. The van der Waals surface area contributed by atoms with Crippen molar-refractivity contribution in [3.8, 4) is 11.3 Å². The highest BCUT2D eigenvalue weighted by Crippen LogP contribution is 2.32. The standard InChI is InChI=1S/C15H22N4/c1-5-10-8-6-7-9-11(10)12-13(16)19(17)14(18-12)15(2,3)4/h6-9H,5,16-17H2,1-4H3. The molecular weight excluding hydrogens is 236 g/mol. The Morgan fingerprint density at radius 2 is 1.84 bits per heavy atom. The maximum atomic E-state index is 6.13. The summed E-state index contributed by atoms with van der Waals surface area (Å²) < 4.78 is 1.50. The van der Waals surface area contributed by atoms with E-state index in [4.69, 9.17) is 11.6 Å². The zero-order valence-electron chi connectivity index (χ0n) is 12.1. The number of nitrogens with zero attached hydrogens (tertiary/aromatic N) is 2. The number of hydrogen-bond acceptors (Lipinski definition) is 3. The Balaban J connectivity index is 2.64. The molecule has 1 aromatic heterocycles. The predicted octanol–water partition coefficient (Wildman–Crippen LogP) is 2.71. The van der Waals surface area contributed by atoms with Gasteiger partial charge in [-0.05, 0) is 12.0 Å². The van der Waals surface area contributed by atoms with E-state index in [9.17, 15) is 0 Å². The van der Waals surface area contributed by atoms with Gasteiger partial charge in [0, 0.05) is 11.0 Å². The number of benzene rings is 1. The van der Waals surface area contributed by atoms with Crippen molar-refractivity contribution in [1.29, 1.82) is 0 Å². The highest BCUT2D eigenvalue weighted by atomic mass is 15.4. The van der Waals surface area contributed by atoms with Gasteiger partial charge < -0.3 is 11.6 Å². The van der Waals surface area contributed by atoms with Gasteiger partial charge in [0.2, 0.25) is 0 Å². The van der Waals surface area contributed by atoms with Gasteiger partial charge >= 0.3 is 0 Å². The molecule has 0 unspecified atom stereocenters. The maximum absolute atomic E-state index is 6.13. The summed E-state index contributed by atoms with van der Waals surface area (Å²) >= 11 is 0. The van der Waals surface area contributed by atoms with Crippen LogP contribution in [0.4, 0.5) is 5.82 Å². The number of anilines is 1. The molecule has 0 aliphatic rings. The van der Waals surface area contributed by atoms with E-state index in [1.807, 2.05) is 18.2 Å². The first kappa shape index (κ1) is 13.5. The lowest BCUT2D eigenvalue weighted by atomic mass is 9.96. The van der Waals surface area contributed by atoms with Crippen molar-refractivity contribution in [3.05, 3.63) is 35.7 Å². The van der Waals surface area contributed by atoms with Gasteiger partial charge in [-0.2, -0.15) is 0 Å². The summed E-state index contributed by atoms with van der Waals surface area (Å²) in [6, 6.07) is 8.17. The second kappa shape index (κ2) is 4.61. The number of nitrogen functional groups attached to an aromatic ring is 2. The molecule has 1 aromatic carbocycles. The van der Waals surface area contributed by atoms with Gasteiger partial charge in [-0.15, -0.1) is 0 Å². The molecule has 0 aliphatic carbocycles. The van der Waals surface area contributed by atoms with Crippen LogP contribution in [-0.4, -0.2) is 9.66 Å². The van der Waals surface area contributed by atoms with Gasteiger partial charge in [-0.1, -0.05) is 52.0 Å². The Morgan fingerprint density at radius 3 is 2.37 bits per heavy atom. The summed E-state index contributed by atoms with van der Waals surface area (Å²) in [6.45, 7) is 8.36. The van der Waals surface area contributed by atoms with Gasteiger partial charge in [-0.25, -0.2) is 9.66 Å². The van der Waals surface area contributed by atoms with Crippen LogP contribution in [-0.2, 0) is 11.8 Å². The van der Waals surface area contributed by atoms with E-state index >= 15 is 0 Å². The third-order valence-corrected chi connectivity index (χ3v) is 3.27. The fourth-order valence-corrected chi connectivity index (χ4v) is 2.23. The Morgan fingerprint density at radius 1 is 1.21 bits per heavy atom. The Kier molecular flexibility index (Phi) is 3.27. The molecule has 0 saturated heterocycles. The van der Waals surface area contributed by atoms with Crippen molar-refractivity contribution in [2.75, 3.05) is 11.6 Å². The normalized spacial score (nSPS) is 11.8. The number of aryl methyl sites for hydroxylation is 1. The lowest BCUT2D eigenvalue weighted by molar-refractivity contribution is 0.532. The van der Waals surface area contributed by atoms with Crippen LogP contribution in [0.2, 0.25) is 0 Å². The Bertz CT molecular complexity index is 591. The average molecular weight is 258 g/mol. The van der Waals surface area contributed by atoms with Gasteiger partial charge in [0.05, 0.1) is 0 Å². The second-order valence-corrected chi connectivity index (χ2v) is 5.80. The molecule has 4 N–H and O–H groups in total. The molecular formula is C15H22N4. The van der Waals surface area contributed by atoms with Crippen LogP contribution in [0.5, 0.6) is 0 Å². The number of aromatic nitrogens is 2. The van der Waals surface area contributed by atoms with Crippen molar-refractivity contribution >= 4 is 5.82 Å². The van der Waals surface area contributed by atoms with E-state index in [1.54, 1.807) is 0 Å². The third-order valence-electron chi connectivity index (χ3n) is 3.27. The minimum absolute atomic E-state index is 0.137. The average Bonchev–Trinajstić information content (AvgIpc) is 2.66. The topological polar surface area (TPSA) is 69.9 Å². The zero-order valence-corrected chi connectivity index (χ0v) is 12.1. The van der Waals surface area contributed by atoms with Crippen LogP contribution in [0.3, 0.4) is 0 Å². The molecule has 0 fully saturated rings. The lowest BCUT2D eigenvalue weighted by Gasteiger charge is -2.17. The van der Waals surface area contributed by atoms with E-state index in [0.717, 1.165) is 23.5 Å². The monoisotopic (exact) mass is 258 g/mol. The minimum Gasteiger partial charge on any atom is -0.382 e. The van der Waals surface area contributed by atoms with Crippen LogP contribution in [0, 0.1) is 0 Å². The van der Waals surface area contributed by atoms with Crippen molar-refractivity contribution in [2.45, 2.75) is 39.5 Å². The van der Waals surface area contributed by atoms with Crippen molar-refractivity contribution in [3.63, 3.8) is 0 Å². The molecule has 1 heterocycles. The van der Waals surface area contributed by atoms with Crippen molar-refractivity contribution < 1.29 is 0 Å². The lowest BCUT2D eigenvalue weighted by Crippen LogP contribution is -2.24. The van der Waals surface area contributed by atoms with Crippen LogP contribution < -0.4 is 11.6 Å². The SMILES string of the molecule is CCc1ccccc1-c1nc(C(C)(C)C)n(N)c1N. The smallest absolute Gasteiger partial charge is 0.150 e. The number of nitrogens with two attached hydrogens (primary N) is 2. The number of rotatable bonds is 2. The Hall–Kier alpha value is -1.97. The van der Waals surface area contributed by atoms with Crippen LogP contribution in [0.1, 0.15) is 39.1 Å². The highest BCUT2D eigenvalue weighted by molar-refractivity contribution is 5.74. The quantitative estimate of drug-likeness (QED) is 0.814. The molecule has 0 spiro atoms. The molecule has 4 heteroatoms. The number of hydrogen-bond donors (Lipinski definition) is 2. The molecule has 2 aromatic rings. The van der Waals surface area contributed by atoms with Gasteiger partial charge in [0.15, 0.2) is 5.82 Å². The van der Waals surface area contributed by atoms with Crippen molar-refractivity contribution in [2.24, 2.45) is 0 Å². The first-order valence-electron chi connectivity index (χ1n) is 6.58. The molecule has 0 atom stereocenters. The molecule has 102 valence electrons. The van der Waals surface area contributed by atoms with E-state index in [0.29, 0.717) is 5.82 Å². The van der Waals surface area contributed by atoms with Gasteiger partial charge in [0.25, 0.3) is 0 Å².